The minimum Gasteiger partial charge on any atom is -0.490 e. The van der Waals surface area contributed by atoms with E-state index in [2.05, 4.69) is 5.32 Å². The van der Waals surface area contributed by atoms with Crippen LogP contribution in [0.3, 0.4) is 0 Å². The third-order valence-corrected chi connectivity index (χ3v) is 5.13. The highest BCUT2D eigenvalue weighted by molar-refractivity contribution is 5.81. The number of likely N-dealkylation sites (tertiary alicyclic amines) is 1. The van der Waals surface area contributed by atoms with E-state index in [0.717, 1.165) is 17.2 Å². The van der Waals surface area contributed by atoms with Crippen LogP contribution in [0, 0.1) is 5.92 Å². The second kappa shape index (κ2) is 11.8. The molecule has 0 saturated carbocycles. The quantitative estimate of drug-likeness (QED) is 0.464. The lowest BCUT2D eigenvalue weighted by Gasteiger charge is -2.31. The molecule has 2 aromatic carbocycles. The van der Waals surface area contributed by atoms with E-state index in [1.165, 1.54) is 0 Å². The number of rotatable bonds is 10. The van der Waals surface area contributed by atoms with Crippen molar-refractivity contribution in [3.63, 3.8) is 0 Å². The highest BCUT2D eigenvalue weighted by Crippen LogP contribution is 2.19. The number of ether oxygens (including phenoxy) is 3. The molecule has 0 aromatic heterocycles. The topological polar surface area (TPSA) is 77.1 Å². The van der Waals surface area contributed by atoms with E-state index in [0.29, 0.717) is 45.8 Å². The highest BCUT2D eigenvalue weighted by atomic mass is 16.5. The zero-order valence-corrected chi connectivity index (χ0v) is 17.9. The molecule has 2 aromatic rings. The fourth-order valence-corrected chi connectivity index (χ4v) is 3.42. The van der Waals surface area contributed by atoms with Gasteiger partial charge in [0.1, 0.15) is 24.7 Å². The number of para-hydroxylation sites is 1. The minimum atomic E-state index is -0.151. The number of piperidine rings is 1. The van der Waals surface area contributed by atoms with Crippen LogP contribution in [0.25, 0.3) is 0 Å². The largest absolute Gasteiger partial charge is 0.490 e. The maximum atomic E-state index is 12.4. The van der Waals surface area contributed by atoms with Crippen LogP contribution in [0.4, 0.5) is 5.69 Å². The number of carbonyl (C=O) groups is 2. The standard InChI is InChI=1S/C24H30N2O5/c1-2-29-24(28)19-12-14-26(15-13-19)23(27)18-25-20-8-10-22(11-9-20)31-17-16-30-21-6-4-3-5-7-21/h3-11,19,25H,2,12-18H2,1H3. The van der Waals surface area contributed by atoms with Crippen LogP contribution in [0.15, 0.2) is 54.6 Å². The maximum absolute atomic E-state index is 12.4. The Morgan fingerprint density at radius 1 is 0.935 bits per heavy atom. The fourth-order valence-electron chi connectivity index (χ4n) is 3.42. The summed E-state index contributed by atoms with van der Waals surface area (Å²) in [6, 6.07) is 17.1. The summed E-state index contributed by atoms with van der Waals surface area (Å²) in [7, 11) is 0. The smallest absolute Gasteiger partial charge is 0.309 e. The Labute approximate surface area is 183 Å². The molecule has 1 heterocycles. The van der Waals surface area contributed by atoms with E-state index >= 15 is 0 Å². The van der Waals surface area contributed by atoms with Crippen LogP contribution in [0.1, 0.15) is 19.8 Å². The van der Waals surface area contributed by atoms with Crippen LogP contribution in [-0.4, -0.2) is 56.2 Å². The van der Waals surface area contributed by atoms with Crippen molar-refractivity contribution in [2.24, 2.45) is 5.92 Å². The fraction of sp³-hybridized carbons (Fsp3) is 0.417. The van der Waals surface area contributed by atoms with Gasteiger partial charge in [0.25, 0.3) is 0 Å². The van der Waals surface area contributed by atoms with Crippen LogP contribution in [0.2, 0.25) is 0 Å². The molecule has 0 radical (unpaired) electrons. The van der Waals surface area contributed by atoms with Gasteiger partial charge in [-0.15, -0.1) is 0 Å². The molecule has 1 N–H and O–H groups in total. The first-order valence-corrected chi connectivity index (χ1v) is 10.7. The van der Waals surface area contributed by atoms with Gasteiger partial charge in [-0.2, -0.15) is 0 Å². The van der Waals surface area contributed by atoms with E-state index < -0.39 is 0 Å². The number of nitrogens with zero attached hydrogens (tertiary/aromatic N) is 1. The first-order valence-electron chi connectivity index (χ1n) is 10.7. The van der Waals surface area contributed by atoms with Gasteiger partial charge in [-0.1, -0.05) is 18.2 Å². The zero-order valence-electron chi connectivity index (χ0n) is 17.9. The molecule has 1 amide bonds. The molecular weight excluding hydrogens is 396 g/mol. The third kappa shape index (κ3) is 7.20. The molecule has 166 valence electrons. The van der Waals surface area contributed by atoms with Crippen LogP contribution in [0.5, 0.6) is 11.5 Å². The third-order valence-electron chi connectivity index (χ3n) is 5.13. The molecule has 0 unspecified atom stereocenters. The molecule has 7 heteroatoms. The number of amides is 1. The lowest BCUT2D eigenvalue weighted by atomic mass is 9.97. The van der Waals surface area contributed by atoms with Gasteiger partial charge in [0.05, 0.1) is 19.1 Å². The predicted octanol–water partition coefficient (Wildman–Crippen LogP) is 3.36. The van der Waals surface area contributed by atoms with Crippen molar-refractivity contribution in [2.45, 2.75) is 19.8 Å². The summed E-state index contributed by atoms with van der Waals surface area (Å²) in [6.07, 6.45) is 1.31. The lowest BCUT2D eigenvalue weighted by molar-refractivity contribution is -0.151. The normalized spacial score (nSPS) is 14.0. The summed E-state index contributed by atoms with van der Waals surface area (Å²) in [5.74, 6) is 1.35. The molecule has 0 spiro atoms. The Morgan fingerprint density at radius 2 is 1.55 bits per heavy atom. The first kappa shape index (κ1) is 22.5. The van der Waals surface area contributed by atoms with Crippen LogP contribution in [-0.2, 0) is 14.3 Å². The summed E-state index contributed by atoms with van der Waals surface area (Å²) in [4.78, 5) is 26.0. The molecule has 1 saturated heterocycles. The summed E-state index contributed by atoms with van der Waals surface area (Å²) >= 11 is 0. The Balaban J connectivity index is 1.33. The maximum Gasteiger partial charge on any atom is 0.309 e. The van der Waals surface area contributed by atoms with E-state index in [4.69, 9.17) is 14.2 Å². The number of carbonyl (C=O) groups excluding carboxylic acids is 2. The van der Waals surface area contributed by atoms with Crippen molar-refractivity contribution >= 4 is 17.6 Å². The molecule has 3 rings (SSSR count). The van der Waals surface area contributed by atoms with Crippen molar-refractivity contribution < 1.29 is 23.8 Å². The second-order valence-corrected chi connectivity index (χ2v) is 7.30. The molecule has 7 nitrogen and oxygen atoms in total. The number of hydrogen-bond acceptors (Lipinski definition) is 6. The SMILES string of the molecule is CCOC(=O)C1CCN(C(=O)CNc2ccc(OCCOc3ccccc3)cc2)CC1. The van der Waals surface area contributed by atoms with Gasteiger partial charge in [-0.3, -0.25) is 9.59 Å². The van der Waals surface area contributed by atoms with Gasteiger partial charge < -0.3 is 24.4 Å². The van der Waals surface area contributed by atoms with Gasteiger partial charge in [0, 0.05) is 18.8 Å². The van der Waals surface area contributed by atoms with E-state index in [1.54, 1.807) is 11.8 Å². The zero-order chi connectivity index (χ0) is 21.9. The monoisotopic (exact) mass is 426 g/mol. The van der Waals surface area contributed by atoms with Gasteiger partial charge >= 0.3 is 5.97 Å². The number of esters is 1. The summed E-state index contributed by atoms with van der Waals surface area (Å²) in [5, 5.41) is 3.15. The van der Waals surface area contributed by atoms with E-state index in [-0.39, 0.29) is 24.3 Å². The second-order valence-electron chi connectivity index (χ2n) is 7.30. The number of nitrogens with one attached hydrogen (secondary N) is 1. The van der Waals surface area contributed by atoms with E-state index in [1.807, 2.05) is 54.6 Å². The van der Waals surface area contributed by atoms with Crippen LogP contribution < -0.4 is 14.8 Å². The number of benzene rings is 2. The molecule has 0 atom stereocenters. The average molecular weight is 427 g/mol. The van der Waals surface area contributed by atoms with Gasteiger partial charge in [-0.05, 0) is 56.2 Å². The van der Waals surface area contributed by atoms with Crippen LogP contribution >= 0.6 is 0 Å². The van der Waals surface area contributed by atoms with Crippen molar-refractivity contribution in [3.05, 3.63) is 54.6 Å². The summed E-state index contributed by atoms with van der Waals surface area (Å²) in [5.41, 5.74) is 0.850. The summed E-state index contributed by atoms with van der Waals surface area (Å²) < 4.78 is 16.4. The molecular formula is C24H30N2O5. The first-order chi connectivity index (χ1) is 15.2. The molecule has 0 aliphatic carbocycles. The van der Waals surface area contributed by atoms with Crippen molar-refractivity contribution in [1.29, 1.82) is 0 Å². The van der Waals surface area contributed by atoms with Crippen molar-refractivity contribution in [3.8, 4) is 11.5 Å². The lowest BCUT2D eigenvalue weighted by Crippen LogP contribution is -2.43. The Hall–Kier alpha value is -3.22. The summed E-state index contributed by atoms with van der Waals surface area (Å²) in [6.45, 7) is 4.50. The van der Waals surface area contributed by atoms with Gasteiger partial charge in [0.2, 0.25) is 5.91 Å². The number of anilines is 1. The van der Waals surface area contributed by atoms with Gasteiger partial charge in [-0.25, -0.2) is 0 Å². The molecule has 31 heavy (non-hydrogen) atoms. The molecule has 0 bridgehead atoms. The Kier molecular flexibility index (Phi) is 8.58. The van der Waals surface area contributed by atoms with Crippen molar-refractivity contribution in [1.82, 2.24) is 4.90 Å². The van der Waals surface area contributed by atoms with Crippen molar-refractivity contribution in [2.75, 3.05) is 44.8 Å². The highest BCUT2D eigenvalue weighted by Gasteiger charge is 2.27. The minimum absolute atomic E-state index is 0.0284. The molecule has 1 fully saturated rings. The van der Waals surface area contributed by atoms with Gasteiger partial charge in [0.15, 0.2) is 0 Å². The molecule has 1 aliphatic rings. The Bertz CT molecular complexity index is 818. The average Bonchev–Trinajstić information content (AvgIpc) is 2.82. The number of hydrogen-bond donors (Lipinski definition) is 1. The predicted molar refractivity (Wildman–Crippen MR) is 118 cm³/mol. The molecule has 1 aliphatic heterocycles. The Morgan fingerprint density at radius 3 is 2.16 bits per heavy atom. The van der Waals surface area contributed by atoms with E-state index in [9.17, 15) is 9.59 Å².